The average molecular weight is 383 g/mol. The summed E-state index contributed by atoms with van der Waals surface area (Å²) in [4.78, 5) is 13.0. The molecular weight excluding hydrogens is 359 g/mol. The van der Waals surface area contributed by atoms with Gasteiger partial charge in [0.2, 0.25) is 0 Å². The third-order valence-corrected chi connectivity index (χ3v) is 5.24. The van der Waals surface area contributed by atoms with Crippen LogP contribution in [0.2, 0.25) is 0 Å². The van der Waals surface area contributed by atoms with Crippen molar-refractivity contribution < 1.29 is 27.8 Å². The second kappa shape index (κ2) is 8.33. The summed E-state index contributed by atoms with van der Waals surface area (Å²) in [6.45, 7) is 3.04. The largest absolute Gasteiger partial charge is 0.481 e. The number of hydrogen-bond donors (Lipinski definition) is 1. The number of carboxylic acids is 1. The molecule has 0 spiro atoms. The number of alkyl halides is 3. The number of benzene rings is 1. The molecule has 0 aromatic heterocycles. The summed E-state index contributed by atoms with van der Waals surface area (Å²) in [7, 11) is 0. The van der Waals surface area contributed by atoms with Crippen LogP contribution in [-0.2, 0) is 11.2 Å². The number of aliphatic carboxylic acids is 1. The third kappa shape index (κ3) is 4.64. The van der Waals surface area contributed by atoms with Crippen LogP contribution in [0.3, 0.4) is 0 Å². The molecule has 3 rings (SSSR count). The number of carboxylic acid groups (broad SMARTS) is 1. The molecule has 0 amide bonds. The van der Waals surface area contributed by atoms with E-state index in [1.54, 1.807) is 12.1 Å². The van der Waals surface area contributed by atoms with E-state index in [4.69, 9.17) is 9.84 Å². The lowest BCUT2D eigenvalue weighted by Crippen LogP contribution is -2.51. The first-order chi connectivity index (χ1) is 12.9. The standard InChI is InChI=1S/C20H24F3NO3/c1-12-6-14-8-17(27-19(23)18(22)4-5-21)3-2-13(14)7-15(12)9-24-10-16(11-24)20(25)26/h2-3,7-8,12,16,18-19H,4-6,9-11H2,1H3,(H,25,26)/t12-,18?,19?/m0/s1. The molecule has 0 radical (unpaired) electrons. The van der Waals surface area contributed by atoms with Crippen LogP contribution in [-0.4, -0.2) is 54.8 Å². The van der Waals surface area contributed by atoms with Crippen molar-refractivity contribution >= 4 is 12.0 Å². The Kier molecular flexibility index (Phi) is 6.09. The summed E-state index contributed by atoms with van der Waals surface area (Å²) < 4.78 is 44.2. The molecule has 1 N–H and O–H groups in total. The van der Waals surface area contributed by atoms with Gasteiger partial charge in [-0.05, 0) is 35.6 Å². The minimum absolute atomic E-state index is 0.235. The van der Waals surface area contributed by atoms with Crippen molar-refractivity contribution in [1.29, 1.82) is 0 Å². The lowest BCUT2D eigenvalue weighted by Gasteiger charge is -2.38. The number of rotatable bonds is 8. The van der Waals surface area contributed by atoms with Gasteiger partial charge >= 0.3 is 5.97 Å². The van der Waals surface area contributed by atoms with Gasteiger partial charge in [-0.15, -0.1) is 0 Å². The molecule has 1 aromatic rings. The number of fused-ring (bicyclic) bond motifs is 1. The smallest absolute Gasteiger partial charge is 0.309 e. The predicted octanol–water partition coefficient (Wildman–Crippen LogP) is 3.65. The van der Waals surface area contributed by atoms with E-state index in [9.17, 15) is 18.0 Å². The molecule has 2 unspecified atom stereocenters. The third-order valence-electron chi connectivity index (χ3n) is 5.24. The molecule has 1 saturated heterocycles. The van der Waals surface area contributed by atoms with Crippen LogP contribution in [0.25, 0.3) is 6.08 Å². The van der Waals surface area contributed by atoms with Crippen LogP contribution in [0.5, 0.6) is 5.75 Å². The van der Waals surface area contributed by atoms with E-state index in [-0.39, 0.29) is 17.6 Å². The van der Waals surface area contributed by atoms with Crippen LogP contribution < -0.4 is 4.74 Å². The van der Waals surface area contributed by atoms with E-state index in [0.29, 0.717) is 13.1 Å². The van der Waals surface area contributed by atoms with Gasteiger partial charge in [0.25, 0.3) is 6.36 Å². The number of hydrogen-bond acceptors (Lipinski definition) is 3. The molecular formula is C20H24F3NO3. The minimum atomic E-state index is -2.18. The van der Waals surface area contributed by atoms with Gasteiger partial charge in [0.1, 0.15) is 5.75 Å². The first-order valence-corrected chi connectivity index (χ1v) is 9.16. The molecule has 1 heterocycles. The molecule has 1 aliphatic carbocycles. The maximum absolute atomic E-state index is 13.7. The fourth-order valence-corrected chi connectivity index (χ4v) is 3.53. The van der Waals surface area contributed by atoms with Gasteiger partial charge in [-0.25, -0.2) is 4.39 Å². The van der Waals surface area contributed by atoms with E-state index in [1.807, 2.05) is 6.07 Å². The molecule has 0 bridgehead atoms. The average Bonchev–Trinajstić information content (AvgIpc) is 2.57. The van der Waals surface area contributed by atoms with E-state index >= 15 is 0 Å². The molecule has 1 aliphatic heterocycles. The number of ether oxygens (including phenoxy) is 1. The molecule has 27 heavy (non-hydrogen) atoms. The van der Waals surface area contributed by atoms with Crippen LogP contribution in [0.15, 0.2) is 23.8 Å². The molecule has 0 saturated carbocycles. The first kappa shape index (κ1) is 19.7. The van der Waals surface area contributed by atoms with Crippen LogP contribution in [0, 0.1) is 11.8 Å². The summed E-state index contributed by atoms with van der Waals surface area (Å²) >= 11 is 0. The van der Waals surface area contributed by atoms with Gasteiger partial charge in [-0.2, -0.15) is 4.39 Å². The number of likely N-dealkylation sites (tertiary alicyclic amines) is 1. The Morgan fingerprint density at radius 3 is 2.78 bits per heavy atom. The fraction of sp³-hybridized carbons (Fsp3) is 0.550. The van der Waals surface area contributed by atoms with Crippen molar-refractivity contribution in [1.82, 2.24) is 4.90 Å². The summed E-state index contributed by atoms with van der Waals surface area (Å²) in [5.74, 6) is -0.526. The first-order valence-electron chi connectivity index (χ1n) is 9.16. The van der Waals surface area contributed by atoms with Crippen molar-refractivity contribution in [2.75, 3.05) is 26.3 Å². The van der Waals surface area contributed by atoms with Gasteiger partial charge in [0.05, 0.1) is 12.6 Å². The zero-order valence-corrected chi connectivity index (χ0v) is 15.2. The molecule has 7 heteroatoms. The highest BCUT2D eigenvalue weighted by Gasteiger charge is 2.33. The monoisotopic (exact) mass is 383 g/mol. The van der Waals surface area contributed by atoms with E-state index < -0.39 is 31.6 Å². The fourth-order valence-electron chi connectivity index (χ4n) is 3.53. The Morgan fingerprint density at radius 2 is 2.11 bits per heavy atom. The number of nitrogens with zero attached hydrogens (tertiary/aromatic N) is 1. The normalized spacial score (nSPS) is 22.4. The van der Waals surface area contributed by atoms with E-state index in [0.717, 1.165) is 24.1 Å². The van der Waals surface area contributed by atoms with Gasteiger partial charge in [0.15, 0.2) is 6.17 Å². The summed E-state index contributed by atoms with van der Waals surface area (Å²) in [5, 5.41) is 8.97. The van der Waals surface area contributed by atoms with Crippen molar-refractivity contribution in [2.24, 2.45) is 11.8 Å². The lowest BCUT2D eigenvalue weighted by atomic mass is 9.83. The van der Waals surface area contributed by atoms with Crippen molar-refractivity contribution in [3.63, 3.8) is 0 Å². The molecule has 3 atom stereocenters. The van der Waals surface area contributed by atoms with Crippen molar-refractivity contribution in [2.45, 2.75) is 32.3 Å². The van der Waals surface area contributed by atoms with E-state index in [1.165, 1.54) is 5.57 Å². The highest BCUT2D eigenvalue weighted by Crippen LogP contribution is 2.33. The number of halogens is 3. The van der Waals surface area contributed by atoms with Crippen LogP contribution in [0.1, 0.15) is 24.5 Å². The van der Waals surface area contributed by atoms with Crippen molar-refractivity contribution in [3.8, 4) is 5.75 Å². The minimum Gasteiger partial charge on any atom is -0.481 e. The summed E-state index contributed by atoms with van der Waals surface area (Å²) in [5.41, 5.74) is 3.22. The van der Waals surface area contributed by atoms with Gasteiger partial charge in [-0.3, -0.25) is 14.1 Å². The summed E-state index contributed by atoms with van der Waals surface area (Å²) in [6.07, 6.45) is -1.86. The topological polar surface area (TPSA) is 49.8 Å². The second-order valence-electron chi connectivity index (χ2n) is 7.38. The molecule has 148 valence electrons. The molecule has 1 fully saturated rings. The quantitative estimate of drug-likeness (QED) is 0.745. The van der Waals surface area contributed by atoms with Crippen LogP contribution in [0.4, 0.5) is 13.2 Å². The Hall–Kier alpha value is -2.02. The molecule has 4 nitrogen and oxygen atoms in total. The van der Waals surface area contributed by atoms with Crippen molar-refractivity contribution in [3.05, 3.63) is 34.9 Å². The summed E-state index contributed by atoms with van der Waals surface area (Å²) in [6, 6.07) is 5.10. The molecule has 2 aliphatic rings. The maximum Gasteiger partial charge on any atom is 0.309 e. The zero-order valence-electron chi connectivity index (χ0n) is 15.2. The lowest BCUT2D eigenvalue weighted by molar-refractivity contribution is -0.147. The number of carbonyl (C=O) groups is 1. The van der Waals surface area contributed by atoms with Gasteiger partial charge in [-0.1, -0.05) is 24.6 Å². The van der Waals surface area contributed by atoms with Gasteiger partial charge in [0, 0.05) is 26.1 Å². The van der Waals surface area contributed by atoms with E-state index in [2.05, 4.69) is 17.9 Å². The maximum atomic E-state index is 13.7. The van der Waals surface area contributed by atoms with Gasteiger partial charge < -0.3 is 9.84 Å². The predicted molar refractivity (Wildman–Crippen MR) is 95.9 cm³/mol. The van der Waals surface area contributed by atoms with Crippen LogP contribution >= 0.6 is 0 Å². The Morgan fingerprint density at radius 1 is 1.37 bits per heavy atom. The Bertz CT molecular complexity index is 718. The highest BCUT2D eigenvalue weighted by molar-refractivity contribution is 5.71. The molecule has 1 aromatic carbocycles. The zero-order chi connectivity index (χ0) is 19.6. The Balaban J connectivity index is 1.64. The SMILES string of the molecule is C[C@H]1Cc2cc(OC(F)C(F)CCF)ccc2C=C1CN1CC(C(=O)O)C1. The second-order valence-corrected chi connectivity index (χ2v) is 7.38. The highest BCUT2D eigenvalue weighted by atomic mass is 19.2. The Labute approximate surface area is 156 Å².